The summed E-state index contributed by atoms with van der Waals surface area (Å²) in [6, 6.07) is 5.89. The van der Waals surface area contributed by atoms with E-state index in [2.05, 4.69) is 50.8 Å². The van der Waals surface area contributed by atoms with Crippen LogP contribution in [0.25, 0.3) is 10.9 Å². The fraction of sp³-hybridized carbons (Fsp3) is 0.333. The van der Waals surface area contributed by atoms with Gasteiger partial charge in [0.05, 0.1) is 11.1 Å². The Balaban J connectivity index is 1.98. The van der Waals surface area contributed by atoms with Gasteiger partial charge in [-0.1, -0.05) is 22.9 Å². The molecular formula is C21H25BrN4O2. The van der Waals surface area contributed by atoms with Crippen molar-refractivity contribution in [2.75, 3.05) is 5.73 Å². The highest BCUT2D eigenvalue weighted by Crippen LogP contribution is 2.31. The monoisotopic (exact) mass is 444 g/mol. The van der Waals surface area contributed by atoms with E-state index >= 15 is 0 Å². The van der Waals surface area contributed by atoms with Crippen molar-refractivity contribution < 1.29 is 4.79 Å². The second-order valence-electron chi connectivity index (χ2n) is 7.22. The van der Waals surface area contributed by atoms with Crippen molar-refractivity contribution in [2.24, 2.45) is 0 Å². The molecule has 0 aliphatic carbocycles. The highest BCUT2D eigenvalue weighted by molar-refractivity contribution is 9.10. The molecule has 28 heavy (non-hydrogen) atoms. The van der Waals surface area contributed by atoms with Crippen LogP contribution < -0.4 is 16.6 Å². The molecular weight excluding hydrogens is 420 g/mol. The number of carbonyl (C=O) groups excluding carboxylic acids is 1. The summed E-state index contributed by atoms with van der Waals surface area (Å²) < 4.78 is 3.05. The molecule has 148 valence electrons. The largest absolute Gasteiger partial charge is 0.385 e. The Labute approximate surface area is 172 Å². The van der Waals surface area contributed by atoms with Gasteiger partial charge < -0.3 is 20.6 Å². The Hall–Kier alpha value is -2.54. The summed E-state index contributed by atoms with van der Waals surface area (Å²) in [6.45, 7) is 8.26. The number of H-pyrrole nitrogens is 1. The van der Waals surface area contributed by atoms with E-state index in [1.54, 1.807) is 13.0 Å². The molecule has 2 aromatic heterocycles. The Morgan fingerprint density at radius 2 is 2.00 bits per heavy atom. The number of benzene rings is 1. The number of nitrogens with two attached hydrogens (primary N) is 1. The van der Waals surface area contributed by atoms with E-state index in [0.29, 0.717) is 23.0 Å². The highest BCUT2D eigenvalue weighted by Gasteiger charge is 2.19. The van der Waals surface area contributed by atoms with E-state index in [4.69, 9.17) is 5.73 Å². The number of aromatic nitrogens is 2. The van der Waals surface area contributed by atoms with Gasteiger partial charge in [-0.25, -0.2) is 0 Å². The van der Waals surface area contributed by atoms with Gasteiger partial charge in [-0.3, -0.25) is 9.59 Å². The number of nitrogen functional groups attached to an aromatic ring is 1. The number of hydrogen-bond donors (Lipinski definition) is 3. The number of halogens is 1. The molecule has 6 nitrogen and oxygen atoms in total. The summed E-state index contributed by atoms with van der Waals surface area (Å²) in [5.74, 6) is 0.0974. The summed E-state index contributed by atoms with van der Waals surface area (Å²) >= 11 is 3.53. The van der Waals surface area contributed by atoms with Crippen LogP contribution in [0.2, 0.25) is 0 Å². The van der Waals surface area contributed by atoms with Crippen LogP contribution >= 0.6 is 15.9 Å². The fourth-order valence-corrected chi connectivity index (χ4v) is 3.97. The predicted octanol–water partition coefficient (Wildman–Crippen LogP) is 4.19. The first-order valence-corrected chi connectivity index (χ1v) is 10.1. The Bertz CT molecular complexity index is 1110. The fourth-order valence-electron chi connectivity index (χ4n) is 3.52. The van der Waals surface area contributed by atoms with Gasteiger partial charge in [-0.2, -0.15) is 0 Å². The van der Waals surface area contributed by atoms with Crippen LogP contribution in [-0.2, 0) is 6.54 Å². The third-order valence-corrected chi connectivity index (χ3v) is 5.66. The minimum Gasteiger partial charge on any atom is -0.385 e. The van der Waals surface area contributed by atoms with E-state index in [9.17, 15) is 9.59 Å². The van der Waals surface area contributed by atoms with E-state index in [0.717, 1.165) is 32.9 Å². The number of nitrogens with one attached hydrogen (secondary N) is 2. The van der Waals surface area contributed by atoms with E-state index in [-0.39, 0.29) is 18.0 Å². The van der Waals surface area contributed by atoms with Crippen LogP contribution in [0.1, 0.15) is 53.4 Å². The maximum atomic E-state index is 13.0. The van der Waals surface area contributed by atoms with E-state index in [1.165, 1.54) is 0 Å². The lowest BCUT2D eigenvalue weighted by molar-refractivity contribution is 0.0952. The molecule has 0 bridgehead atoms. The van der Waals surface area contributed by atoms with Crippen molar-refractivity contribution in [2.45, 2.75) is 46.7 Å². The van der Waals surface area contributed by atoms with Gasteiger partial charge in [0.2, 0.25) is 0 Å². The molecule has 7 heteroatoms. The van der Waals surface area contributed by atoms with Gasteiger partial charge >= 0.3 is 0 Å². The first-order chi connectivity index (χ1) is 13.2. The minimum absolute atomic E-state index is 0.138. The molecule has 0 radical (unpaired) electrons. The summed E-state index contributed by atoms with van der Waals surface area (Å²) in [6.07, 6.45) is 3.09. The number of carbonyl (C=O) groups is 1. The first kappa shape index (κ1) is 20.2. The summed E-state index contributed by atoms with van der Waals surface area (Å²) in [4.78, 5) is 27.7. The van der Waals surface area contributed by atoms with Crippen molar-refractivity contribution >= 4 is 38.6 Å². The van der Waals surface area contributed by atoms with Gasteiger partial charge in [0.1, 0.15) is 5.82 Å². The average molecular weight is 445 g/mol. The number of rotatable bonds is 5. The lowest BCUT2D eigenvalue weighted by atomic mass is 10.1. The quantitative estimate of drug-likeness (QED) is 0.550. The van der Waals surface area contributed by atoms with Crippen LogP contribution in [0.15, 0.2) is 33.7 Å². The van der Waals surface area contributed by atoms with Gasteiger partial charge in [0.25, 0.3) is 11.5 Å². The minimum atomic E-state index is -0.281. The Morgan fingerprint density at radius 1 is 1.29 bits per heavy atom. The second kappa shape index (κ2) is 7.83. The molecule has 2 heterocycles. The predicted molar refractivity (Wildman–Crippen MR) is 117 cm³/mol. The maximum Gasteiger partial charge on any atom is 0.254 e. The summed E-state index contributed by atoms with van der Waals surface area (Å²) in [5, 5.41) is 3.82. The van der Waals surface area contributed by atoms with E-state index < -0.39 is 0 Å². The maximum absolute atomic E-state index is 13.0. The SMILES string of the molecule is CC[C@H](C)n1cc(C)c2c(C(=O)NCc3c(C)cc(N)[nH]c3=O)cc(Br)cc21. The zero-order valence-corrected chi connectivity index (χ0v) is 18.1. The number of hydrogen-bond acceptors (Lipinski definition) is 3. The molecule has 4 N–H and O–H groups in total. The number of anilines is 1. The smallest absolute Gasteiger partial charge is 0.254 e. The van der Waals surface area contributed by atoms with Crippen molar-refractivity contribution in [3.63, 3.8) is 0 Å². The molecule has 0 spiro atoms. The third kappa shape index (κ3) is 3.71. The van der Waals surface area contributed by atoms with Gasteiger partial charge in [-0.05, 0) is 56.5 Å². The molecule has 0 fully saturated rings. The molecule has 1 atom stereocenters. The van der Waals surface area contributed by atoms with Crippen LogP contribution in [0, 0.1) is 13.8 Å². The van der Waals surface area contributed by atoms with Crippen molar-refractivity contribution in [1.29, 1.82) is 0 Å². The number of fused-ring (bicyclic) bond motifs is 1. The summed E-state index contributed by atoms with van der Waals surface area (Å²) in [7, 11) is 0. The van der Waals surface area contributed by atoms with Gasteiger partial charge in [-0.15, -0.1) is 0 Å². The Kier molecular flexibility index (Phi) is 5.65. The van der Waals surface area contributed by atoms with Crippen molar-refractivity contribution in [1.82, 2.24) is 14.9 Å². The van der Waals surface area contributed by atoms with Crippen LogP contribution in [0.4, 0.5) is 5.82 Å². The van der Waals surface area contributed by atoms with Crippen molar-refractivity contribution in [3.05, 3.63) is 61.5 Å². The number of aryl methyl sites for hydroxylation is 2. The number of aromatic amines is 1. The van der Waals surface area contributed by atoms with Gasteiger partial charge in [0.15, 0.2) is 0 Å². The van der Waals surface area contributed by atoms with Crippen LogP contribution in [0.5, 0.6) is 0 Å². The lowest BCUT2D eigenvalue weighted by Crippen LogP contribution is -2.28. The molecule has 3 aromatic rings. The molecule has 1 amide bonds. The molecule has 1 aromatic carbocycles. The normalized spacial score (nSPS) is 12.3. The van der Waals surface area contributed by atoms with E-state index in [1.807, 2.05) is 19.1 Å². The molecule has 3 rings (SSSR count). The third-order valence-electron chi connectivity index (χ3n) is 5.20. The lowest BCUT2D eigenvalue weighted by Gasteiger charge is -2.14. The first-order valence-electron chi connectivity index (χ1n) is 9.30. The standard InChI is InChI=1S/C21H25BrN4O2/c1-5-13(4)26-10-12(3)19-15(7-14(22)8-17(19)26)20(27)24-9-16-11(2)6-18(23)25-21(16)28/h6-8,10,13H,5,9H2,1-4H3,(H,24,27)(H3,23,25,28)/t13-/m0/s1. The molecule has 0 aliphatic heterocycles. The number of amides is 1. The van der Waals surface area contributed by atoms with Crippen molar-refractivity contribution in [3.8, 4) is 0 Å². The number of pyridine rings is 1. The highest BCUT2D eigenvalue weighted by atomic mass is 79.9. The second-order valence-corrected chi connectivity index (χ2v) is 8.14. The zero-order chi connectivity index (χ0) is 20.6. The average Bonchev–Trinajstić information content (AvgIpc) is 2.95. The zero-order valence-electron chi connectivity index (χ0n) is 16.5. The molecule has 0 aliphatic rings. The molecule has 0 saturated carbocycles. The van der Waals surface area contributed by atoms with Gasteiger partial charge in [0, 0.05) is 34.2 Å². The Morgan fingerprint density at radius 3 is 2.64 bits per heavy atom. The van der Waals surface area contributed by atoms with Crippen LogP contribution in [0.3, 0.4) is 0 Å². The molecule has 0 unspecified atom stereocenters. The molecule has 0 saturated heterocycles. The summed E-state index contributed by atoms with van der Waals surface area (Å²) in [5.41, 5.74) is 9.29. The topological polar surface area (TPSA) is 92.9 Å². The number of nitrogens with zero attached hydrogens (tertiary/aromatic N) is 1. The van der Waals surface area contributed by atoms with Crippen LogP contribution in [-0.4, -0.2) is 15.5 Å².